The fraction of sp³-hybridized carbons (Fsp3) is 0.667. The Balaban J connectivity index is 0. The third-order valence-corrected chi connectivity index (χ3v) is 2.97. The van der Waals surface area contributed by atoms with Gasteiger partial charge in [-0.2, -0.15) is 0 Å². The summed E-state index contributed by atoms with van der Waals surface area (Å²) in [5.74, 6) is 0. The first-order valence-electron chi connectivity index (χ1n) is 7.71. The maximum Gasteiger partial charge on any atom is 0.0613 e. The first kappa shape index (κ1) is 24.7. The first-order chi connectivity index (χ1) is 10.4. The number of benzene rings is 1. The van der Waals surface area contributed by atoms with Crippen LogP contribution in [0, 0.1) is 6.92 Å². The Kier molecular flexibility index (Phi) is 13.7. The molecule has 0 aliphatic rings. The number of methoxy groups -OCH3 is 1. The van der Waals surface area contributed by atoms with E-state index in [1.807, 2.05) is 24.3 Å². The number of aliphatic hydroxyl groups excluding tert-OH is 1. The van der Waals surface area contributed by atoms with E-state index >= 15 is 0 Å². The highest BCUT2D eigenvalue weighted by Gasteiger charge is 2.10. The largest absolute Gasteiger partial charge is 0.396 e. The zero-order chi connectivity index (χ0) is 18.5. The van der Waals surface area contributed by atoms with Gasteiger partial charge >= 0.3 is 0 Å². The van der Waals surface area contributed by atoms with E-state index in [2.05, 4.69) is 19.6 Å². The summed E-state index contributed by atoms with van der Waals surface area (Å²) in [4.78, 5) is 1.02. The average Bonchev–Trinajstić information content (AvgIpc) is 2.39. The van der Waals surface area contributed by atoms with Crippen LogP contribution in [0.4, 0.5) is 0 Å². The summed E-state index contributed by atoms with van der Waals surface area (Å²) in [7, 11) is 1.63. The molecule has 0 saturated carbocycles. The van der Waals surface area contributed by atoms with E-state index < -0.39 is 11.2 Å². The van der Waals surface area contributed by atoms with Crippen molar-refractivity contribution in [1.29, 1.82) is 0 Å². The van der Waals surface area contributed by atoms with Crippen molar-refractivity contribution in [2.45, 2.75) is 63.6 Å². The van der Waals surface area contributed by atoms with Crippen LogP contribution in [0.15, 0.2) is 29.2 Å². The molecule has 0 fully saturated rings. The number of aliphatic hydroxyl groups is 3. The molecule has 0 aromatic heterocycles. The first-order valence-corrected chi connectivity index (χ1v) is 8.16. The van der Waals surface area contributed by atoms with Gasteiger partial charge in [0, 0.05) is 25.2 Å². The van der Waals surface area contributed by atoms with Gasteiger partial charge in [-0.05, 0) is 59.6 Å². The van der Waals surface area contributed by atoms with Crippen LogP contribution in [-0.2, 0) is 4.74 Å². The Hall–Kier alpha value is -0.590. The van der Waals surface area contributed by atoms with Crippen molar-refractivity contribution in [3.05, 3.63) is 29.8 Å². The topological polar surface area (TPSA) is 69.9 Å². The lowest BCUT2D eigenvalue weighted by Crippen LogP contribution is -2.20. The molecule has 5 heteroatoms. The Morgan fingerprint density at radius 1 is 0.957 bits per heavy atom. The van der Waals surface area contributed by atoms with Gasteiger partial charge in [0.2, 0.25) is 0 Å². The Labute approximate surface area is 146 Å². The highest BCUT2D eigenvalue weighted by atomic mass is 32.1. The van der Waals surface area contributed by atoms with Crippen molar-refractivity contribution in [3.8, 4) is 0 Å². The molecular weight excluding hydrogens is 312 g/mol. The molecule has 0 radical (unpaired) electrons. The second kappa shape index (κ2) is 12.8. The SMILES string of the molecule is CC(C)(O)CCO.COCCC(C)(C)O.Cc1ccc(S)cc1. The Bertz CT molecular complexity index is 356. The van der Waals surface area contributed by atoms with E-state index in [0.717, 1.165) is 4.90 Å². The highest BCUT2D eigenvalue weighted by Crippen LogP contribution is 2.06. The molecular formula is C18H34O4S. The lowest BCUT2D eigenvalue weighted by Gasteiger charge is -2.15. The summed E-state index contributed by atoms with van der Waals surface area (Å²) >= 11 is 4.13. The van der Waals surface area contributed by atoms with Crippen LogP contribution in [0.25, 0.3) is 0 Å². The van der Waals surface area contributed by atoms with Crippen molar-refractivity contribution < 1.29 is 20.1 Å². The number of ether oxygens (including phenoxy) is 1. The van der Waals surface area contributed by atoms with E-state index in [1.54, 1.807) is 34.8 Å². The third-order valence-electron chi connectivity index (χ3n) is 2.68. The smallest absolute Gasteiger partial charge is 0.0613 e. The highest BCUT2D eigenvalue weighted by molar-refractivity contribution is 7.80. The van der Waals surface area contributed by atoms with Crippen molar-refractivity contribution >= 4 is 12.6 Å². The molecule has 0 saturated heterocycles. The number of hydrogen-bond acceptors (Lipinski definition) is 5. The summed E-state index contributed by atoms with van der Waals surface area (Å²) in [6.07, 6.45) is 1.15. The van der Waals surface area contributed by atoms with Crippen molar-refractivity contribution in [3.63, 3.8) is 0 Å². The van der Waals surface area contributed by atoms with Gasteiger partial charge in [0.1, 0.15) is 0 Å². The molecule has 1 aromatic rings. The monoisotopic (exact) mass is 346 g/mol. The fourth-order valence-corrected chi connectivity index (χ4v) is 1.32. The van der Waals surface area contributed by atoms with E-state index in [-0.39, 0.29) is 6.61 Å². The molecule has 4 nitrogen and oxygen atoms in total. The second-order valence-corrected chi connectivity index (χ2v) is 7.19. The maximum absolute atomic E-state index is 9.07. The summed E-state index contributed by atoms with van der Waals surface area (Å²) in [6.45, 7) is 9.63. The molecule has 136 valence electrons. The molecule has 3 N–H and O–H groups in total. The standard InChI is InChI=1S/C7H8S.C6H14O2.C5H12O2/c1-6-2-4-7(8)5-3-6;1-6(2,7)4-5-8-3;1-5(2,7)3-4-6/h2-5,8H,1H3;7H,4-5H2,1-3H3;6-7H,3-4H2,1-2H3. The predicted molar refractivity (Wildman–Crippen MR) is 99.2 cm³/mol. The van der Waals surface area contributed by atoms with Crippen LogP contribution in [0.5, 0.6) is 0 Å². The van der Waals surface area contributed by atoms with Crippen LogP contribution < -0.4 is 0 Å². The lowest BCUT2D eigenvalue weighted by atomic mass is 10.1. The summed E-state index contributed by atoms with van der Waals surface area (Å²) in [5, 5.41) is 26.2. The van der Waals surface area contributed by atoms with E-state index in [1.165, 1.54) is 5.56 Å². The van der Waals surface area contributed by atoms with Gasteiger partial charge in [-0.1, -0.05) is 17.7 Å². The molecule has 0 aliphatic heterocycles. The minimum atomic E-state index is -0.700. The van der Waals surface area contributed by atoms with Crippen molar-refractivity contribution in [2.24, 2.45) is 0 Å². The molecule has 23 heavy (non-hydrogen) atoms. The van der Waals surface area contributed by atoms with Gasteiger partial charge in [-0.15, -0.1) is 12.6 Å². The van der Waals surface area contributed by atoms with Crippen LogP contribution in [0.3, 0.4) is 0 Å². The quantitative estimate of drug-likeness (QED) is 0.618. The zero-order valence-electron chi connectivity index (χ0n) is 15.3. The normalized spacial score (nSPS) is 11.0. The molecule has 1 aromatic carbocycles. The number of aryl methyl sites for hydroxylation is 1. The average molecular weight is 347 g/mol. The summed E-state index contributed by atoms with van der Waals surface area (Å²) < 4.78 is 4.76. The molecule has 0 spiro atoms. The molecule has 1 rings (SSSR count). The Morgan fingerprint density at radius 2 is 1.39 bits per heavy atom. The van der Waals surface area contributed by atoms with Gasteiger partial charge in [0.05, 0.1) is 11.2 Å². The van der Waals surface area contributed by atoms with Gasteiger partial charge in [-0.25, -0.2) is 0 Å². The van der Waals surface area contributed by atoms with E-state index in [9.17, 15) is 0 Å². The predicted octanol–water partition coefficient (Wildman–Crippen LogP) is 3.22. The molecule has 0 unspecified atom stereocenters. The summed E-state index contributed by atoms with van der Waals surface area (Å²) in [5.41, 5.74) is 0.00731. The van der Waals surface area contributed by atoms with Gasteiger partial charge in [0.25, 0.3) is 0 Å². The zero-order valence-corrected chi connectivity index (χ0v) is 16.2. The van der Waals surface area contributed by atoms with Crippen LogP contribution >= 0.6 is 12.6 Å². The molecule has 0 atom stereocenters. The lowest BCUT2D eigenvalue weighted by molar-refractivity contribution is 0.0409. The number of rotatable bonds is 5. The minimum Gasteiger partial charge on any atom is -0.396 e. The van der Waals surface area contributed by atoms with Crippen LogP contribution in [0.1, 0.15) is 46.1 Å². The van der Waals surface area contributed by atoms with Gasteiger partial charge in [-0.3, -0.25) is 0 Å². The molecule has 0 bridgehead atoms. The number of hydrogen-bond donors (Lipinski definition) is 4. The van der Waals surface area contributed by atoms with E-state index in [0.29, 0.717) is 19.4 Å². The second-order valence-electron chi connectivity index (χ2n) is 6.68. The minimum absolute atomic E-state index is 0.0590. The Morgan fingerprint density at radius 3 is 1.57 bits per heavy atom. The number of thiol groups is 1. The molecule has 0 amide bonds. The fourth-order valence-electron chi connectivity index (χ4n) is 1.17. The van der Waals surface area contributed by atoms with Crippen molar-refractivity contribution in [2.75, 3.05) is 20.3 Å². The van der Waals surface area contributed by atoms with E-state index in [4.69, 9.17) is 20.1 Å². The molecule has 0 heterocycles. The molecule has 0 aliphatic carbocycles. The van der Waals surface area contributed by atoms with Crippen LogP contribution in [0.2, 0.25) is 0 Å². The van der Waals surface area contributed by atoms with Gasteiger partial charge in [0.15, 0.2) is 0 Å². The van der Waals surface area contributed by atoms with Crippen LogP contribution in [-0.4, -0.2) is 46.8 Å². The van der Waals surface area contributed by atoms with Gasteiger partial charge < -0.3 is 20.1 Å². The van der Waals surface area contributed by atoms with Crippen molar-refractivity contribution in [1.82, 2.24) is 0 Å². The summed E-state index contributed by atoms with van der Waals surface area (Å²) in [6, 6.07) is 8.06. The maximum atomic E-state index is 9.07. The third kappa shape index (κ3) is 23.8.